The van der Waals surface area contributed by atoms with Crippen LogP contribution in [0, 0.1) is 0 Å². The van der Waals surface area contributed by atoms with Gasteiger partial charge in [-0.15, -0.1) is 0 Å². The van der Waals surface area contributed by atoms with Crippen molar-refractivity contribution in [1.29, 1.82) is 0 Å². The Morgan fingerprint density at radius 3 is 1.47 bits per heavy atom. The van der Waals surface area contributed by atoms with Gasteiger partial charge >= 0.3 is 11.9 Å². The molecular weight excluding hydrogens is 378 g/mol. The smallest absolute Gasteiger partial charge is 0.323 e. The van der Waals surface area contributed by atoms with Crippen LogP contribution in [0.5, 0.6) is 0 Å². The van der Waals surface area contributed by atoms with E-state index in [1.807, 2.05) is 6.92 Å². The van der Waals surface area contributed by atoms with Crippen LogP contribution in [0.1, 0.15) is 136 Å². The summed E-state index contributed by atoms with van der Waals surface area (Å²) in [6.07, 6.45) is 23.1. The van der Waals surface area contributed by atoms with Gasteiger partial charge in [-0.3, -0.25) is 9.59 Å². The van der Waals surface area contributed by atoms with Crippen LogP contribution in [0.4, 0.5) is 0 Å². The fourth-order valence-corrected chi connectivity index (χ4v) is 3.77. The van der Waals surface area contributed by atoms with Gasteiger partial charge in [-0.2, -0.15) is 0 Å². The predicted octanol–water partition coefficient (Wildman–Crippen LogP) is 6.76. The van der Waals surface area contributed by atoms with E-state index in [9.17, 15) is 9.59 Å². The summed E-state index contributed by atoms with van der Waals surface area (Å²) in [6, 6.07) is -1.07. The first kappa shape index (κ1) is 28.9. The van der Waals surface area contributed by atoms with Crippen LogP contribution in [0.3, 0.4) is 0 Å². The Bertz CT molecular complexity index is 414. The highest BCUT2D eigenvalue weighted by Gasteiger charge is 2.20. The van der Waals surface area contributed by atoms with Gasteiger partial charge in [-0.1, -0.05) is 110 Å². The second kappa shape index (κ2) is 21.1. The zero-order chi connectivity index (χ0) is 22.5. The van der Waals surface area contributed by atoms with Crippen LogP contribution in [-0.4, -0.2) is 29.2 Å². The molecule has 0 aromatic carbocycles. The molecule has 5 heteroatoms. The number of carboxylic acids is 1. The number of unbranched alkanes of at least 4 members (excludes halogenated alkanes) is 16. The number of hydrogen-bond acceptors (Lipinski definition) is 4. The van der Waals surface area contributed by atoms with Gasteiger partial charge in [0.2, 0.25) is 0 Å². The van der Waals surface area contributed by atoms with Crippen molar-refractivity contribution in [2.45, 2.75) is 148 Å². The first-order chi connectivity index (χ1) is 14.5. The third kappa shape index (κ3) is 20.2. The predicted molar refractivity (Wildman–Crippen MR) is 125 cm³/mol. The van der Waals surface area contributed by atoms with Gasteiger partial charge in [-0.05, 0) is 19.8 Å². The van der Waals surface area contributed by atoms with Crippen molar-refractivity contribution >= 4 is 11.9 Å². The van der Waals surface area contributed by atoms with Crippen molar-refractivity contribution in [2.75, 3.05) is 0 Å². The number of aliphatic carboxylic acids is 1. The van der Waals surface area contributed by atoms with Gasteiger partial charge in [0.15, 0.2) is 0 Å². The van der Waals surface area contributed by atoms with Crippen molar-refractivity contribution in [3.05, 3.63) is 0 Å². The monoisotopic (exact) mass is 427 g/mol. The largest absolute Gasteiger partial charge is 0.481 e. The Hall–Kier alpha value is -1.10. The zero-order valence-electron chi connectivity index (χ0n) is 19.8. The number of nitrogens with two attached hydrogens (primary N) is 1. The van der Waals surface area contributed by atoms with Crippen LogP contribution >= 0.6 is 0 Å². The van der Waals surface area contributed by atoms with E-state index in [4.69, 9.17) is 15.6 Å². The zero-order valence-corrected chi connectivity index (χ0v) is 19.8. The molecule has 0 aliphatic rings. The molecular formula is C25H49NO4. The highest BCUT2D eigenvalue weighted by Crippen LogP contribution is 2.15. The van der Waals surface area contributed by atoms with E-state index in [0.29, 0.717) is 0 Å². The molecule has 5 nitrogen and oxygen atoms in total. The first-order valence-electron chi connectivity index (χ1n) is 12.6. The fourth-order valence-electron chi connectivity index (χ4n) is 3.77. The summed E-state index contributed by atoms with van der Waals surface area (Å²) >= 11 is 0. The molecule has 0 aliphatic heterocycles. The molecule has 0 rings (SSSR count). The van der Waals surface area contributed by atoms with Gasteiger partial charge in [0.05, 0.1) is 12.5 Å². The van der Waals surface area contributed by atoms with Crippen molar-refractivity contribution < 1.29 is 19.4 Å². The molecule has 1 unspecified atom stereocenters. The molecule has 0 fully saturated rings. The molecule has 0 aliphatic carbocycles. The molecule has 0 saturated heterocycles. The minimum atomic E-state index is -1.08. The topological polar surface area (TPSA) is 89.6 Å². The molecule has 0 aromatic heterocycles. The summed E-state index contributed by atoms with van der Waals surface area (Å²) in [5, 5.41) is 8.65. The molecule has 0 saturated carbocycles. The summed E-state index contributed by atoms with van der Waals surface area (Å²) < 4.78 is 5.21. The Kier molecular flexibility index (Phi) is 20.4. The number of carbonyl (C=O) groups excluding carboxylic acids is 1. The van der Waals surface area contributed by atoms with Crippen molar-refractivity contribution in [1.82, 2.24) is 0 Å². The van der Waals surface area contributed by atoms with Crippen molar-refractivity contribution in [3.8, 4) is 0 Å². The number of esters is 1. The van der Waals surface area contributed by atoms with E-state index in [1.54, 1.807) is 0 Å². The van der Waals surface area contributed by atoms with E-state index < -0.39 is 18.0 Å². The summed E-state index contributed by atoms with van der Waals surface area (Å²) in [7, 11) is 0. The third-order valence-electron chi connectivity index (χ3n) is 5.73. The van der Waals surface area contributed by atoms with E-state index in [-0.39, 0.29) is 12.5 Å². The molecule has 0 aromatic rings. The van der Waals surface area contributed by atoms with Gasteiger partial charge < -0.3 is 15.6 Å². The van der Waals surface area contributed by atoms with Gasteiger partial charge in [-0.25, -0.2) is 0 Å². The van der Waals surface area contributed by atoms with Crippen LogP contribution < -0.4 is 5.73 Å². The summed E-state index contributed by atoms with van der Waals surface area (Å²) in [4.78, 5) is 22.2. The minimum Gasteiger partial charge on any atom is -0.481 e. The van der Waals surface area contributed by atoms with E-state index >= 15 is 0 Å². The summed E-state index contributed by atoms with van der Waals surface area (Å²) in [6.45, 7) is 4.12. The minimum absolute atomic E-state index is 0.200. The summed E-state index contributed by atoms with van der Waals surface area (Å²) in [5.74, 6) is -1.70. The standard InChI is InChI=1S/C25H49NO4/c1-3-4-5-6-7-8-9-10-11-12-13-14-15-16-17-18-19-20-22(2)30-25(29)23(26)21-24(27)28/h22-23H,3-21,26H2,1-2H3,(H,27,28)/t22?,23-/m0/s1. The third-order valence-corrected chi connectivity index (χ3v) is 5.73. The maximum atomic E-state index is 11.7. The lowest BCUT2D eigenvalue weighted by Gasteiger charge is -2.15. The molecule has 0 bridgehead atoms. The van der Waals surface area contributed by atoms with Crippen LogP contribution in [0.2, 0.25) is 0 Å². The quantitative estimate of drug-likeness (QED) is 0.147. The highest BCUT2D eigenvalue weighted by molar-refractivity contribution is 5.81. The van der Waals surface area contributed by atoms with Crippen LogP contribution in [0.15, 0.2) is 0 Å². The maximum absolute atomic E-state index is 11.7. The lowest BCUT2D eigenvalue weighted by Crippen LogP contribution is -2.36. The number of rotatable bonds is 22. The normalized spacial score (nSPS) is 13.2. The van der Waals surface area contributed by atoms with Crippen LogP contribution in [0.25, 0.3) is 0 Å². The molecule has 2 atom stereocenters. The molecule has 30 heavy (non-hydrogen) atoms. The Labute approximate surface area is 185 Å². The average molecular weight is 428 g/mol. The molecule has 0 amide bonds. The molecule has 3 N–H and O–H groups in total. The fraction of sp³-hybridized carbons (Fsp3) is 0.920. The molecule has 0 heterocycles. The Balaban J connectivity index is 3.31. The van der Waals surface area contributed by atoms with Gasteiger partial charge in [0, 0.05) is 0 Å². The first-order valence-corrected chi connectivity index (χ1v) is 12.6. The summed E-state index contributed by atoms with van der Waals surface area (Å²) in [5.41, 5.74) is 5.51. The van der Waals surface area contributed by atoms with E-state index in [2.05, 4.69) is 6.92 Å². The lowest BCUT2D eigenvalue weighted by atomic mass is 10.0. The van der Waals surface area contributed by atoms with Crippen LogP contribution in [-0.2, 0) is 14.3 Å². The van der Waals surface area contributed by atoms with Crippen molar-refractivity contribution in [2.24, 2.45) is 5.73 Å². The number of carboxylic acid groups (broad SMARTS) is 1. The van der Waals surface area contributed by atoms with Crippen molar-refractivity contribution in [3.63, 3.8) is 0 Å². The maximum Gasteiger partial charge on any atom is 0.323 e. The number of hydrogen-bond donors (Lipinski definition) is 2. The highest BCUT2D eigenvalue weighted by atomic mass is 16.5. The number of carbonyl (C=O) groups is 2. The lowest BCUT2D eigenvalue weighted by molar-refractivity contribution is -0.153. The SMILES string of the molecule is CCCCCCCCCCCCCCCCCCCC(C)OC(=O)[C@@H](N)CC(=O)O. The Morgan fingerprint density at radius 2 is 1.10 bits per heavy atom. The second-order valence-electron chi connectivity index (χ2n) is 8.90. The number of ether oxygens (including phenoxy) is 1. The Morgan fingerprint density at radius 1 is 0.733 bits per heavy atom. The molecule has 178 valence electrons. The van der Waals surface area contributed by atoms with E-state index in [0.717, 1.165) is 19.3 Å². The van der Waals surface area contributed by atoms with Gasteiger partial charge in [0.25, 0.3) is 0 Å². The molecule has 0 radical (unpaired) electrons. The second-order valence-corrected chi connectivity index (χ2v) is 8.90. The van der Waals surface area contributed by atoms with E-state index in [1.165, 1.54) is 96.3 Å². The molecule has 0 spiro atoms. The average Bonchev–Trinajstić information content (AvgIpc) is 2.69. The van der Waals surface area contributed by atoms with Gasteiger partial charge in [0.1, 0.15) is 6.04 Å².